The van der Waals surface area contributed by atoms with Gasteiger partial charge in [0.05, 0.1) is 6.54 Å². The maximum absolute atomic E-state index is 14.1. The summed E-state index contributed by atoms with van der Waals surface area (Å²) in [6.07, 6.45) is 3.27. The number of amides is 2. The van der Waals surface area contributed by atoms with Crippen molar-refractivity contribution in [1.29, 1.82) is 0 Å². The van der Waals surface area contributed by atoms with Crippen molar-refractivity contribution in [3.05, 3.63) is 34.6 Å². The Morgan fingerprint density at radius 1 is 1.25 bits per heavy atom. The van der Waals surface area contributed by atoms with Gasteiger partial charge in [-0.15, -0.1) is 0 Å². The summed E-state index contributed by atoms with van der Waals surface area (Å²) in [5.74, 6) is -0.336. The van der Waals surface area contributed by atoms with Gasteiger partial charge in [0.15, 0.2) is 0 Å². The van der Waals surface area contributed by atoms with E-state index in [1.807, 2.05) is 0 Å². The molecule has 0 radical (unpaired) electrons. The number of nitrogens with zero attached hydrogens (tertiary/aromatic N) is 2. The molecule has 1 aliphatic carbocycles. The molecule has 4 nitrogen and oxygen atoms in total. The van der Waals surface area contributed by atoms with Gasteiger partial charge in [-0.25, -0.2) is 4.39 Å². The molecule has 0 unspecified atom stereocenters. The summed E-state index contributed by atoms with van der Waals surface area (Å²) in [5, 5.41) is 0.361. The predicted molar refractivity (Wildman–Crippen MR) is 90.0 cm³/mol. The Hall–Kier alpha value is -1.62. The summed E-state index contributed by atoms with van der Waals surface area (Å²) in [4.78, 5) is 27.9. The van der Waals surface area contributed by atoms with Crippen LogP contribution in [0.2, 0.25) is 5.02 Å². The SMILES string of the molecule is CC(=O)N1CCC(C(=O)N(Cc2c(F)cccc2Cl)C2CC2)CC1. The van der Waals surface area contributed by atoms with Gasteiger partial charge in [-0.05, 0) is 37.8 Å². The third-order valence-electron chi connectivity index (χ3n) is 4.95. The lowest BCUT2D eigenvalue weighted by Crippen LogP contribution is -2.44. The molecule has 0 aromatic heterocycles. The number of carbonyl (C=O) groups is 2. The molecule has 1 aromatic carbocycles. The van der Waals surface area contributed by atoms with Crippen LogP contribution in [0, 0.1) is 11.7 Å². The van der Waals surface area contributed by atoms with E-state index >= 15 is 0 Å². The Labute approximate surface area is 146 Å². The van der Waals surface area contributed by atoms with Crippen molar-refractivity contribution < 1.29 is 14.0 Å². The molecule has 1 aliphatic heterocycles. The number of hydrogen-bond acceptors (Lipinski definition) is 2. The van der Waals surface area contributed by atoms with E-state index in [0.717, 1.165) is 12.8 Å². The average molecular weight is 353 g/mol. The lowest BCUT2D eigenvalue weighted by atomic mass is 9.95. The van der Waals surface area contributed by atoms with Crippen molar-refractivity contribution in [1.82, 2.24) is 9.80 Å². The van der Waals surface area contributed by atoms with Crippen molar-refractivity contribution in [2.45, 2.75) is 45.2 Å². The van der Waals surface area contributed by atoms with Gasteiger partial charge in [0, 0.05) is 42.6 Å². The normalized spacial score (nSPS) is 18.5. The summed E-state index contributed by atoms with van der Waals surface area (Å²) in [7, 11) is 0. The smallest absolute Gasteiger partial charge is 0.226 e. The molecule has 1 saturated heterocycles. The van der Waals surface area contributed by atoms with Crippen molar-refractivity contribution in [2.24, 2.45) is 5.92 Å². The highest BCUT2D eigenvalue weighted by Gasteiger charge is 2.37. The fourth-order valence-electron chi connectivity index (χ4n) is 3.30. The molecule has 1 saturated carbocycles. The van der Waals surface area contributed by atoms with Crippen molar-refractivity contribution in [2.75, 3.05) is 13.1 Å². The standard InChI is InChI=1S/C18H22ClFN2O2/c1-12(23)21-9-7-13(8-10-21)18(24)22(14-5-6-14)11-15-16(19)3-2-4-17(15)20/h2-4,13-14H,5-11H2,1H3. The fourth-order valence-corrected chi connectivity index (χ4v) is 3.53. The van der Waals surface area contributed by atoms with E-state index in [1.54, 1.807) is 28.9 Å². The molecule has 130 valence electrons. The second kappa shape index (κ2) is 7.09. The number of hydrogen-bond donors (Lipinski definition) is 0. The Bertz CT molecular complexity index is 620. The van der Waals surface area contributed by atoms with E-state index in [-0.39, 0.29) is 36.1 Å². The maximum Gasteiger partial charge on any atom is 0.226 e. The lowest BCUT2D eigenvalue weighted by molar-refractivity contribution is -0.141. The van der Waals surface area contributed by atoms with Crippen molar-refractivity contribution in [3.8, 4) is 0 Å². The Morgan fingerprint density at radius 2 is 1.92 bits per heavy atom. The van der Waals surface area contributed by atoms with E-state index in [0.29, 0.717) is 36.5 Å². The first-order valence-corrected chi connectivity index (χ1v) is 8.84. The molecule has 0 N–H and O–H groups in total. The number of piperidine rings is 1. The summed E-state index contributed by atoms with van der Waals surface area (Å²) in [5.41, 5.74) is 0.389. The van der Waals surface area contributed by atoms with E-state index < -0.39 is 0 Å². The zero-order valence-electron chi connectivity index (χ0n) is 13.8. The van der Waals surface area contributed by atoms with Gasteiger partial charge < -0.3 is 9.80 Å². The minimum absolute atomic E-state index is 0.0538. The molecule has 2 fully saturated rings. The van der Waals surface area contributed by atoms with Crippen LogP contribution in [0.25, 0.3) is 0 Å². The zero-order chi connectivity index (χ0) is 17.3. The van der Waals surface area contributed by atoms with E-state index in [2.05, 4.69) is 0 Å². The van der Waals surface area contributed by atoms with Crippen LogP contribution in [-0.4, -0.2) is 40.7 Å². The van der Waals surface area contributed by atoms with Crippen LogP contribution in [0.5, 0.6) is 0 Å². The lowest BCUT2D eigenvalue weighted by Gasteiger charge is -2.34. The van der Waals surface area contributed by atoms with Crippen LogP contribution in [0.1, 0.15) is 38.2 Å². The first-order valence-electron chi connectivity index (χ1n) is 8.46. The van der Waals surface area contributed by atoms with Crippen LogP contribution >= 0.6 is 11.6 Å². The molecule has 0 atom stereocenters. The second-order valence-electron chi connectivity index (χ2n) is 6.68. The monoisotopic (exact) mass is 352 g/mol. The molecule has 2 amide bonds. The summed E-state index contributed by atoms with van der Waals surface area (Å²) >= 11 is 6.12. The van der Waals surface area contributed by atoms with Gasteiger partial charge >= 0.3 is 0 Å². The molecule has 0 spiro atoms. The number of halogens is 2. The van der Waals surface area contributed by atoms with Crippen molar-refractivity contribution >= 4 is 23.4 Å². The maximum atomic E-state index is 14.1. The molecule has 1 heterocycles. The largest absolute Gasteiger partial charge is 0.343 e. The third-order valence-corrected chi connectivity index (χ3v) is 5.30. The highest BCUT2D eigenvalue weighted by atomic mass is 35.5. The molecular weight excluding hydrogens is 331 g/mol. The first-order chi connectivity index (χ1) is 11.5. The molecule has 1 aromatic rings. The van der Waals surface area contributed by atoms with Gasteiger partial charge in [-0.2, -0.15) is 0 Å². The zero-order valence-corrected chi connectivity index (χ0v) is 14.6. The van der Waals surface area contributed by atoms with Crippen LogP contribution in [0.3, 0.4) is 0 Å². The van der Waals surface area contributed by atoms with Gasteiger partial charge in [0.2, 0.25) is 11.8 Å². The molecule has 2 aliphatic rings. The average Bonchev–Trinajstić information content (AvgIpc) is 3.39. The minimum Gasteiger partial charge on any atom is -0.343 e. The summed E-state index contributed by atoms with van der Waals surface area (Å²) < 4.78 is 14.1. The highest BCUT2D eigenvalue weighted by molar-refractivity contribution is 6.31. The first kappa shape index (κ1) is 17.2. The topological polar surface area (TPSA) is 40.6 Å². The van der Waals surface area contributed by atoms with Gasteiger partial charge in [-0.1, -0.05) is 17.7 Å². The summed E-state index contributed by atoms with van der Waals surface area (Å²) in [6.45, 7) is 3.01. The van der Waals surface area contributed by atoms with Crippen LogP contribution < -0.4 is 0 Å². The Kier molecular flexibility index (Phi) is 5.09. The van der Waals surface area contributed by atoms with E-state index in [1.165, 1.54) is 6.07 Å². The van der Waals surface area contributed by atoms with Crippen LogP contribution in [0.4, 0.5) is 4.39 Å². The fraction of sp³-hybridized carbons (Fsp3) is 0.556. The highest BCUT2D eigenvalue weighted by Crippen LogP contribution is 2.33. The number of likely N-dealkylation sites (tertiary alicyclic amines) is 1. The minimum atomic E-state index is -0.368. The molecule has 24 heavy (non-hydrogen) atoms. The number of carbonyl (C=O) groups excluding carboxylic acids is 2. The quantitative estimate of drug-likeness (QED) is 0.834. The summed E-state index contributed by atoms with van der Waals surface area (Å²) in [6, 6.07) is 4.80. The molecule has 3 rings (SSSR count). The number of benzene rings is 1. The molecule has 6 heteroatoms. The van der Waals surface area contributed by atoms with Gasteiger partial charge in [0.1, 0.15) is 5.82 Å². The van der Waals surface area contributed by atoms with Crippen LogP contribution in [-0.2, 0) is 16.1 Å². The predicted octanol–water partition coefficient (Wildman–Crippen LogP) is 3.23. The number of rotatable bonds is 4. The van der Waals surface area contributed by atoms with Gasteiger partial charge in [0.25, 0.3) is 0 Å². The van der Waals surface area contributed by atoms with E-state index in [9.17, 15) is 14.0 Å². The van der Waals surface area contributed by atoms with E-state index in [4.69, 9.17) is 11.6 Å². The second-order valence-corrected chi connectivity index (χ2v) is 7.09. The Balaban J connectivity index is 1.70. The van der Waals surface area contributed by atoms with Gasteiger partial charge in [-0.3, -0.25) is 9.59 Å². The van der Waals surface area contributed by atoms with Crippen molar-refractivity contribution in [3.63, 3.8) is 0 Å². The van der Waals surface area contributed by atoms with Crippen LogP contribution in [0.15, 0.2) is 18.2 Å². The third kappa shape index (κ3) is 3.72. The molecular formula is C18H22ClFN2O2. The Morgan fingerprint density at radius 3 is 2.46 bits per heavy atom. The molecule has 0 bridgehead atoms.